The van der Waals surface area contributed by atoms with Crippen molar-refractivity contribution in [3.63, 3.8) is 0 Å². The van der Waals surface area contributed by atoms with Crippen LogP contribution < -0.4 is 11.5 Å². The van der Waals surface area contributed by atoms with Crippen LogP contribution in [0.3, 0.4) is 0 Å². The first-order chi connectivity index (χ1) is 5.11. The summed E-state index contributed by atoms with van der Waals surface area (Å²) in [6, 6.07) is 0. The molecular weight excluding hydrogens is 184 g/mol. The normalized spacial score (nSPS) is 15.6. The molecule has 0 aliphatic rings. The number of rotatable bonds is 4. The number of ether oxygens (including phenoxy) is 1. The Kier molecular flexibility index (Phi) is 5.75. The van der Waals surface area contributed by atoms with Gasteiger partial charge in [0.05, 0.1) is 0 Å². The van der Waals surface area contributed by atoms with Gasteiger partial charge in [-0.15, -0.1) is 12.6 Å². The second kappa shape index (κ2) is 5.70. The standard InChI is InChI=1S/C5H12N2O2S2/c6-1-3(10)5(8)9-4(11)2-7/h3-4,10-11H,1-2,6-7H2. The Morgan fingerprint density at radius 1 is 1.36 bits per heavy atom. The third-order valence-corrected chi connectivity index (χ3v) is 1.69. The third kappa shape index (κ3) is 4.52. The van der Waals surface area contributed by atoms with Crippen molar-refractivity contribution in [3.8, 4) is 0 Å². The van der Waals surface area contributed by atoms with Gasteiger partial charge in [0.1, 0.15) is 5.25 Å². The molecule has 0 saturated carbocycles. The highest BCUT2D eigenvalue weighted by Crippen LogP contribution is 2.01. The molecule has 66 valence electrons. The molecule has 0 saturated heterocycles. The molecule has 0 bridgehead atoms. The smallest absolute Gasteiger partial charge is 0.321 e. The van der Waals surface area contributed by atoms with Gasteiger partial charge in [-0.05, 0) is 0 Å². The molecule has 0 aromatic rings. The van der Waals surface area contributed by atoms with E-state index in [1.54, 1.807) is 0 Å². The maximum absolute atomic E-state index is 10.9. The van der Waals surface area contributed by atoms with E-state index < -0.39 is 16.7 Å². The van der Waals surface area contributed by atoms with Crippen LogP contribution in [0.5, 0.6) is 0 Å². The van der Waals surface area contributed by atoms with Crippen molar-refractivity contribution in [1.82, 2.24) is 0 Å². The minimum absolute atomic E-state index is 0.146. The lowest BCUT2D eigenvalue weighted by Crippen LogP contribution is -2.30. The van der Waals surface area contributed by atoms with Gasteiger partial charge in [0.25, 0.3) is 0 Å². The third-order valence-electron chi connectivity index (χ3n) is 0.949. The summed E-state index contributed by atoms with van der Waals surface area (Å²) in [5.41, 5.74) is 9.74. The van der Waals surface area contributed by atoms with Crippen molar-refractivity contribution in [2.24, 2.45) is 11.5 Å². The molecule has 0 rings (SSSR count). The van der Waals surface area contributed by atoms with E-state index >= 15 is 0 Å². The van der Waals surface area contributed by atoms with Crippen LogP contribution in [0.4, 0.5) is 0 Å². The van der Waals surface area contributed by atoms with Crippen LogP contribution >= 0.6 is 25.3 Å². The Bertz CT molecular complexity index is 134. The number of hydrogen-bond acceptors (Lipinski definition) is 6. The zero-order chi connectivity index (χ0) is 8.85. The fourth-order valence-corrected chi connectivity index (χ4v) is 0.522. The van der Waals surface area contributed by atoms with Gasteiger partial charge in [-0.3, -0.25) is 4.79 Å². The monoisotopic (exact) mass is 196 g/mol. The van der Waals surface area contributed by atoms with Gasteiger partial charge in [-0.2, -0.15) is 12.6 Å². The fourth-order valence-electron chi connectivity index (χ4n) is 0.357. The van der Waals surface area contributed by atoms with Gasteiger partial charge < -0.3 is 16.2 Å². The fraction of sp³-hybridized carbons (Fsp3) is 0.800. The highest BCUT2D eigenvalue weighted by Gasteiger charge is 2.15. The minimum Gasteiger partial charge on any atom is -0.449 e. The van der Waals surface area contributed by atoms with Crippen LogP contribution in [0.1, 0.15) is 0 Å². The van der Waals surface area contributed by atoms with Gasteiger partial charge in [-0.1, -0.05) is 0 Å². The first-order valence-electron chi connectivity index (χ1n) is 3.08. The summed E-state index contributed by atoms with van der Waals surface area (Å²) in [6.07, 6.45) is 0. The molecule has 4 nitrogen and oxygen atoms in total. The summed E-state index contributed by atoms with van der Waals surface area (Å²) >= 11 is 7.72. The quantitative estimate of drug-likeness (QED) is 0.264. The molecule has 0 aromatic carbocycles. The number of esters is 1. The van der Waals surface area contributed by atoms with Crippen LogP contribution in [0, 0.1) is 0 Å². The predicted molar refractivity (Wildman–Crippen MR) is 49.7 cm³/mol. The maximum atomic E-state index is 10.9. The largest absolute Gasteiger partial charge is 0.449 e. The highest BCUT2D eigenvalue weighted by molar-refractivity contribution is 7.82. The van der Waals surface area contributed by atoms with E-state index in [0.29, 0.717) is 0 Å². The summed E-state index contributed by atoms with van der Waals surface area (Å²) in [4.78, 5) is 10.9. The van der Waals surface area contributed by atoms with Gasteiger partial charge in [0, 0.05) is 13.1 Å². The predicted octanol–water partition coefficient (Wildman–Crippen LogP) is -0.999. The zero-order valence-electron chi connectivity index (χ0n) is 5.93. The molecule has 0 spiro atoms. The first-order valence-corrected chi connectivity index (χ1v) is 4.11. The minimum atomic E-state index is -0.587. The van der Waals surface area contributed by atoms with Crippen molar-refractivity contribution in [3.05, 3.63) is 0 Å². The lowest BCUT2D eigenvalue weighted by atomic mass is 10.4. The van der Waals surface area contributed by atoms with Crippen molar-refractivity contribution < 1.29 is 9.53 Å². The molecule has 0 aliphatic carbocycles. The zero-order valence-corrected chi connectivity index (χ0v) is 7.72. The lowest BCUT2D eigenvalue weighted by Gasteiger charge is -2.12. The number of hydrogen-bond donors (Lipinski definition) is 4. The molecule has 0 amide bonds. The summed E-state index contributed by atoms with van der Waals surface area (Å²) in [5, 5.41) is -0.587. The molecule has 2 atom stereocenters. The maximum Gasteiger partial charge on any atom is 0.321 e. The van der Waals surface area contributed by atoms with Crippen LogP contribution in [0.15, 0.2) is 0 Å². The Hall–Kier alpha value is 0.0900. The average Bonchev–Trinajstić information content (AvgIpc) is 2.02. The van der Waals surface area contributed by atoms with E-state index in [4.69, 9.17) is 16.2 Å². The van der Waals surface area contributed by atoms with Crippen molar-refractivity contribution in [1.29, 1.82) is 0 Å². The van der Waals surface area contributed by atoms with E-state index in [9.17, 15) is 4.79 Å². The Morgan fingerprint density at radius 3 is 2.27 bits per heavy atom. The van der Waals surface area contributed by atoms with Gasteiger partial charge >= 0.3 is 5.97 Å². The SMILES string of the molecule is NCC(S)OC(=O)C(S)CN. The average molecular weight is 196 g/mol. The van der Waals surface area contributed by atoms with Crippen LogP contribution in [0.25, 0.3) is 0 Å². The molecule has 2 unspecified atom stereocenters. The van der Waals surface area contributed by atoms with Crippen LogP contribution in [0.2, 0.25) is 0 Å². The Morgan fingerprint density at radius 2 is 1.91 bits per heavy atom. The number of carbonyl (C=O) groups excluding carboxylic acids is 1. The van der Waals surface area contributed by atoms with Crippen molar-refractivity contribution in [2.45, 2.75) is 10.7 Å². The van der Waals surface area contributed by atoms with Crippen LogP contribution in [-0.4, -0.2) is 29.7 Å². The summed E-state index contributed by atoms with van der Waals surface area (Å²) in [5.74, 6) is -0.485. The van der Waals surface area contributed by atoms with Crippen molar-refractivity contribution in [2.75, 3.05) is 13.1 Å². The lowest BCUT2D eigenvalue weighted by molar-refractivity contribution is -0.143. The number of nitrogens with two attached hydrogens (primary N) is 2. The van der Waals surface area contributed by atoms with Crippen molar-refractivity contribution >= 4 is 31.2 Å². The first kappa shape index (κ1) is 11.1. The van der Waals surface area contributed by atoms with E-state index in [2.05, 4.69) is 25.3 Å². The number of carbonyl (C=O) groups is 1. The Balaban J connectivity index is 3.68. The van der Waals surface area contributed by atoms with Gasteiger partial charge in [0.2, 0.25) is 0 Å². The Labute approximate surface area is 76.5 Å². The number of thiol groups is 2. The molecule has 0 aliphatic heterocycles. The van der Waals surface area contributed by atoms with E-state index in [0.717, 1.165) is 0 Å². The van der Waals surface area contributed by atoms with E-state index in [1.165, 1.54) is 0 Å². The summed E-state index contributed by atoms with van der Waals surface area (Å²) < 4.78 is 4.70. The van der Waals surface area contributed by atoms with Gasteiger partial charge in [0.15, 0.2) is 5.44 Å². The molecule has 6 heteroatoms. The topological polar surface area (TPSA) is 78.3 Å². The molecule has 0 fully saturated rings. The molecule has 0 radical (unpaired) electrons. The molecular formula is C5H12N2O2S2. The van der Waals surface area contributed by atoms with E-state index in [1.807, 2.05) is 0 Å². The van der Waals surface area contributed by atoms with E-state index in [-0.39, 0.29) is 13.1 Å². The molecule has 0 heterocycles. The second-order valence-corrected chi connectivity index (χ2v) is 3.08. The second-order valence-electron chi connectivity index (χ2n) is 1.88. The molecule has 11 heavy (non-hydrogen) atoms. The molecule has 4 N–H and O–H groups in total. The van der Waals surface area contributed by atoms with Gasteiger partial charge in [-0.25, -0.2) is 0 Å². The van der Waals surface area contributed by atoms with Crippen LogP contribution in [-0.2, 0) is 9.53 Å². The summed E-state index contributed by atoms with van der Waals surface area (Å²) in [6.45, 7) is 0.326. The summed E-state index contributed by atoms with van der Waals surface area (Å²) in [7, 11) is 0. The highest BCUT2D eigenvalue weighted by atomic mass is 32.1. The molecule has 0 aromatic heterocycles.